The number of nitrogens with one attached hydrogen (secondary N) is 3. The summed E-state index contributed by atoms with van der Waals surface area (Å²) in [6.45, 7) is 5.43. The van der Waals surface area contributed by atoms with E-state index in [1.165, 1.54) is 35.6 Å². The van der Waals surface area contributed by atoms with Crippen molar-refractivity contribution in [3.63, 3.8) is 0 Å². The Kier molecular flexibility index (Phi) is 10.7. The van der Waals surface area contributed by atoms with E-state index in [2.05, 4.69) is 40.2 Å². The van der Waals surface area contributed by atoms with E-state index in [9.17, 15) is 14.4 Å². The van der Waals surface area contributed by atoms with E-state index in [4.69, 9.17) is 17.0 Å². The van der Waals surface area contributed by atoms with Crippen molar-refractivity contribution in [2.24, 2.45) is 0 Å². The van der Waals surface area contributed by atoms with Crippen LogP contribution >= 0.6 is 35.3 Å². The molecule has 4 aromatic rings. The Morgan fingerprint density at radius 2 is 1.71 bits per heavy atom. The van der Waals surface area contributed by atoms with Gasteiger partial charge in [-0.2, -0.15) is 0 Å². The highest BCUT2D eigenvalue weighted by Gasteiger charge is 2.31. The van der Waals surface area contributed by atoms with Crippen molar-refractivity contribution in [2.75, 3.05) is 22.6 Å². The van der Waals surface area contributed by atoms with Gasteiger partial charge in [-0.05, 0) is 112 Å². The standard InChI is InChI=1S/C35H35N3O4S3/c1-4-42-34(41)31-29-18-15-25(24-9-6-5-7-10-24)19-30(29)45-33(31)38-32(40)22(3)44-28-12-8-11-27(20-28)37-35(43)36-26-16-13-23(14-17-26)21(2)39/h5-14,16-17,20,22,25H,4,15,18-19H2,1-3H3,(H,38,40)(H2,36,37,43). The zero-order valence-corrected chi connectivity index (χ0v) is 27.8. The first kappa shape index (κ1) is 32.4. The number of Topliss-reactive ketones (excluding diaryl/α,β-unsaturated/α-hetero) is 1. The molecule has 7 nitrogen and oxygen atoms in total. The Bertz CT molecular complexity index is 1700. The summed E-state index contributed by atoms with van der Waals surface area (Å²) >= 11 is 8.38. The van der Waals surface area contributed by atoms with E-state index in [1.54, 1.807) is 31.2 Å². The van der Waals surface area contributed by atoms with Gasteiger partial charge in [0.1, 0.15) is 5.00 Å². The molecule has 1 aliphatic carbocycles. The third kappa shape index (κ3) is 8.19. The van der Waals surface area contributed by atoms with E-state index < -0.39 is 5.25 Å². The molecule has 232 valence electrons. The van der Waals surface area contributed by atoms with Gasteiger partial charge in [0.2, 0.25) is 5.91 Å². The van der Waals surface area contributed by atoms with Crippen molar-refractivity contribution >= 4 is 74.5 Å². The summed E-state index contributed by atoms with van der Waals surface area (Å²) in [4.78, 5) is 40.0. The molecule has 2 unspecified atom stereocenters. The van der Waals surface area contributed by atoms with Crippen LogP contribution in [0.2, 0.25) is 0 Å². The highest BCUT2D eigenvalue weighted by atomic mass is 32.2. The zero-order valence-electron chi connectivity index (χ0n) is 25.3. The number of thioether (sulfide) groups is 1. The highest BCUT2D eigenvalue weighted by Crippen LogP contribution is 2.43. The maximum Gasteiger partial charge on any atom is 0.341 e. The predicted octanol–water partition coefficient (Wildman–Crippen LogP) is 8.33. The summed E-state index contributed by atoms with van der Waals surface area (Å²) in [5, 5.41) is 9.88. The fourth-order valence-corrected chi connectivity index (χ4v) is 7.78. The number of thiophene rings is 1. The molecule has 0 saturated carbocycles. The Morgan fingerprint density at radius 3 is 2.42 bits per heavy atom. The average molecular weight is 658 g/mol. The van der Waals surface area contributed by atoms with E-state index in [0.29, 0.717) is 27.2 Å². The predicted molar refractivity (Wildman–Crippen MR) is 188 cm³/mol. The van der Waals surface area contributed by atoms with Crippen molar-refractivity contribution in [3.8, 4) is 0 Å². The summed E-state index contributed by atoms with van der Waals surface area (Å²) in [6, 6.07) is 25.2. The second kappa shape index (κ2) is 14.9. The topological polar surface area (TPSA) is 96.5 Å². The van der Waals surface area contributed by atoms with Crippen LogP contribution in [0.1, 0.15) is 69.8 Å². The van der Waals surface area contributed by atoms with Crippen molar-refractivity contribution < 1.29 is 19.1 Å². The van der Waals surface area contributed by atoms with Gasteiger partial charge in [-0.25, -0.2) is 4.79 Å². The first-order valence-electron chi connectivity index (χ1n) is 14.8. The van der Waals surface area contributed by atoms with Gasteiger partial charge < -0.3 is 20.7 Å². The minimum atomic E-state index is -0.434. The summed E-state index contributed by atoms with van der Waals surface area (Å²) in [5.41, 5.74) is 4.96. The number of carbonyl (C=O) groups is 3. The Morgan fingerprint density at radius 1 is 0.978 bits per heavy atom. The molecular weight excluding hydrogens is 623 g/mol. The molecule has 3 aromatic carbocycles. The van der Waals surface area contributed by atoms with Gasteiger partial charge in [-0.3, -0.25) is 9.59 Å². The van der Waals surface area contributed by atoms with Crippen LogP contribution < -0.4 is 16.0 Å². The molecule has 0 radical (unpaired) electrons. The van der Waals surface area contributed by atoms with Crippen LogP contribution in [0.25, 0.3) is 0 Å². The molecule has 10 heteroatoms. The van der Waals surface area contributed by atoms with Crippen LogP contribution in [0, 0.1) is 0 Å². The summed E-state index contributed by atoms with van der Waals surface area (Å²) in [6.07, 6.45) is 2.53. The molecule has 0 bridgehead atoms. The van der Waals surface area contributed by atoms with Crippen LogP contribution in [0.15, 0.2) is 83.8 Å². The maximum absolute atomic E-state index is 13.4. The largest absolute Gasteiger partial charge is 0.462 e. The molecule has 2 atom stereocenters. The lowest BCUT2D eigenvalue weighted by molar-refractivity contribution is -0.115. The van der Waals surface area contributed by atoms with E-state index in [-0.39, 0.29) is 24.3 Å². The number of rotatable bonds is 10. The third-order valence-electron chi connectivity index (χ3n) is 7.58. The van der Waals surface area contributed by atoms with Crippen LogP contribution in [0.3, 0.4) is 0 Å². The molecule has 5 rings (SSSR count). The van der Waals surface area contributed by atoms with Gasteiger partial charge in [0.15, 0.2) is 10.9 Å². The van der Waals surface area contributed by atoms with Gasteiger partial charge in [-0.15, -0.1) is 23.1 Å². The summed E-state index contributed by atoms with van der Waals surface area (Å²) in [7, 11) is 0. The monoisotopic (exact) mass is 657 g/mol. The van der Waals surface area contributed by atoms with Crippen LogP contribution in [-0.4, -0.2) is 34.6 Å². The fourth-order valence-electron chi connectivity index (χ4n) is 5.30. The highest BCUT2D eigenvalue weighted by molar-refractivity contribution is 8.00. The number of esters is 1. The molecule has 3 N–H and O–H groups in total. The number of hydrogen-bond acceptors (Lipinski definition) is 7. The molecule has 1 aromatic heterocycles. The zero-order chi connectivity index (χ0) is 31.9. The minimum absolute atomic E-state index is 0.00500. The van der Waals surface area contributed by atoms with Crippen molar-refractivity contribution in [1.82, 2.24) is 0 Å². The molecule has 1 amide bonds. The minimum Gasteiger partial charge on any atom is -0.462 e. The second-order valence-corrected chi connectivity index (χ2v) is 13.7. The van der Waals surface area contributed by atoms with Gasteiger partial charge in [0.05, 0.1) is 17.4 Å². The van der Waals surface area contributed by atoms with Crippen molar-refractivity contribution in [2.45, 2.75) is 56.1 Å². The van der Waals surface area contributed by atoms with E-state index in [0.717, 1.165) is 46.0 Å². The number of ether oxygens (including phenoxy) is 1. The third-order valence-corrected chi connectivity index (χ3v) is 10.0. The number of carbonyl (C=O) groups excluding carboxylic acids is 3. The van der Waals surface area contributed by atoms with Gasteiger partial charge in [-0.1, -0.05) is 36.4 Å². The quantitative estimate of drug-likeness (QED) is 0.0678. The molecule has 0 spiro atoms. The number of fused-ring (bicyclic) bond motifs is 1. The molecule has 0 saturated heterocycles. The SMILES string of the molecule is CCOC(=O)c1c(NC(=O)C(C)Sc2cccc(NC(=S)Nc3ccc(C(C)=O)cc3)c2)sc2c1CCC(c1ccccc1)C2. The Hall–Kier alpha value is -3.99. The van der Waals surface area contributed by atoms with Gasteiger partial charge in [0, 0.05) is 26.7 Å². The van der Waals surface area contributed by atoms with Crippen molar-refractivity contribution in [3.05, 3.63) is 106 Å². The maximum atomic E-state index is 13.4. The van der Waals surface area contributed by atoms with Gasteiger partial charge in [0.25, 0.3) is 0 Å². The number of amides is 1. The molecular formula is C35H35N3O4S3. The lowest BCUT2D eigenvalue weighted by Crippen LogP contribution is -2.23. The number of thiocarbonyl (C=S) groups is 1. The van der Waals surface area contributed by atoms with E-state index >= 15 is 0 Å². The Balaban J connectivity index is 1.24. The number of hydrogen-bond donors (Lipinski definition) is 3. The smallest absolute Gasteiger partial charge is 0.341 e. The first-order chi connectivity index (χ1) is 21.7. The van der Waals surface area contributed by atoms with Crippen LogP contribution in [0.4, 0.5) is 16.4 Å². The van der Waals surface area contributed by atoms with Crippen molar-refractivity contribution in [1.29, 1.82) is 0 Å². The number of ketones is 1. The first-order valence-corrected chi connectivity index (χ1v) is 17.0. The molecule has 0 fully saturated rings. The lowest BCUT2D eigenvalue weighted by Gasteiger charge is -2.23. The summed E-state index contributed by atoms with van der Waals surface area (Å²) < 4.78 is 5.41. The average Bonchev–Trinajstić information content (AvgIpc) is 3.39. The fraction of sp³-hybridized carbons (Fsp3) is 0.257. The van der Waals surface area contributed by atoms with Gasteiger partial charge >= 0.3 is 5.97 Å². The molecule has 0 aliphatic heterocycles. The summed E-state index contributed by atoms with van der Waals surface area (Å²) in [5.74, 6) is -0.192. The second-order valence-electron chi connectivity index (χ2n) is 10.8. The molecule has 1 aliphatic rings. The molecule has 45 heavy (non-hydrogen) atoms. The normalized spacial score (nSPS) is 14.5. The Labute approximate surface area is 277 Å². The lowest BCUT2D eigenvalue weighted by atomic mass is 9.83. The number of benzene rings is 3. The van der Waals surface area contributed by atoms with Crippen LogP contribution in [0.5, 0.6) is 0 Å². The van der Waals surface area contributed by atoms with E-state index in [1.807, 2.05) is 37.3 Å². The molecule has 1 heterocycles. The number of anilines is 3. The van der Waals surface area contributed by atoms with Crippen LogP contribution in [-0.2, 0) is 22.4 Å².